The molecule has 0 radical (unpaired) electrons. The van der Waals surface area contributed by atoms with Crippen molar-refractivity contribution in [3.05, 3.63) is 0 Å². The van der Waals surface area contributed by atoms with E-state index < -0.39 is 5.41 Å². The quantitative estimate of drug-likeness (QED) is 0.197. The Morgan fingerprint density at radius 3 is 2.71 bits per heavy atom. The van der Waals surface area contributed by atoms with E-state index in [-0.39, 0.29) is 11.7 Å². The zero-order valence-corrected chi connectivity index (χ0v) is 8.42. The first kappa shape index (κ1) is 10.8. The van der Waals surface area contributed by atoms with Gasteiger partial charge in [-0.2, -0.15) is 0 Å². The summed E-state index contributed by atoms with van der Waals surface area (Å²) in [7, 11) is 0. The van der Waals surface area contributed by atoms with E-state index in [0.717, 1.165) is 12.8 Å². The predicted octanol–water partition coefficient (Wildman–Crippen LogP) is 0.429. The van der Waals surface area contributed by atoms with Crippen LogP contribution in [0.5, 0.6) is 0 Å². The lowest BCUT2D eigenvalue weighted by atomic mass is 10.1. The number of oxime groups is 1. The van der Waals surface area contributed by atoms with Crippen LogP contribution in [0.1, 0.15) is 32.6 Å². The molecule has 0 aromatic heterocycles. The van der Waals surface area contributed by atoms with Crippen LogP contribution in [0, 0.1) is 5.41 Å². The zero-order valence-electron chi connectivity index (χ0n) is 8.42. The van der Waals surface area contributed by atoms with Gasteiger partial charge in [0.05, 0.1) is 0 Å². The van der Waals surface area contributed by atoms with Crippen molar-refractivity contribution in [1.82, 2.24) is 5.32 Å². The van der Waals surface area contributed by atoms with E-state index in [1.165, 1.54) is 0 Å². The van der Waals surface area contributed by atoms with Crippen LogP contribution >= 0.6 is 0 Å². The highest BCUT2D eigenvalue weighted by Crippen LogP contribution is 2.45. The maximum Gasteiger partial charge on any atom is 0.233 e. The van der Waals surface area contributed by atoms with Gasteiger partial charge < -0.3 is 16.3 Å². The van der Waals surface area contributed by atoms with Crippen LogP contribution in [0.2, 0.25) is 0 Å². The van der Waals surface area contributed by atoms with E-state index in [9.17, 15) is 4.79 Å². The summed E-state index contributed by atoms with van der Waals surface area (Å²) in [5.74, 6) is -0.0762. The third kappa shape index (κ3) is 1.97. The number of hydrogen-bond donors (Lipinski definition) is 3. The first-order valence-electron chi connectivity index (χ1n) is 4.93. The molecule has 14 heavy (non-hydrogen) atoms. The summed E-state index contributed by atoms with van der Waals surface area (Å²) in [5.41, 5.74) is 4.75. The van der Waals surface area contributed by atoms with Gasteiger partial charge in [-0.15, -0.1) is 0 Å². The van der Waals surface area contributed by atoms with Crippen LogP contribution in [0.4, 0.5) is 0 Å². The standard InChI is InChI=1S/C9H17N3O2/c1-2-3-6-11-8(13)9(4-5-9)7(10)12-14/h14H,2-6H2,1H3,(H2,10,12)(H,11,13). The molecule has 0 saturated heterocycles. The molecule has 0 heterocycles. The van der Waals surface area contributed by atoms with Gasteiger partial charge >= 0.3 is 0 Å². The number of nitrogens with one attached hydrogen (secondary N) is 1. The van der Waals surface area contributed by atoms with Gasteiger partial charge in [-0.3, -0.25) is 4.79 Å². The van der Waals surface area contributed by atoms with Crippen molar-refractivity contribution < 1.29 is 10.0 Å². The highest BCUT2D eigenvalue weighted by atomic mass is 16.4. The second-order valence-electron chi connectivity index (χ2n) is 3.68. The second kappa shape index (κ2) is 4.30. The summed E-state index contributed by atoms with van der Waals surface area (Å²) in [6, 6.07) is 0. The monoisotopic (exact) mass is 199 g/mol. The second-order valence-corrected chi connectivity index (χ2v) is 3.68. The molecule has 5 heteroatoms. The van der Waals surface area contributed by atoms with E-state index in [1.807, 2.05) is 0 Å². The number of amides is 1. The maximum atomic E-state index is 11.6. The fourth-order valence-electron chi connectivity index (χ4n) is 1.37. The molecule has 1 amide bonds. The van der Waals surface area contributed by atoms with Crippen molar-refractivity contribution in [3.63, 3.8) is 0 Å². The SMILES string of the molecule is CCCCNC(=O)C1(C(N)=NO)CC1. The lowest BCUT2D eigenvalue weighted by Crippen LogP contribution is -2.41. The highest BCUT2D eigenvalue weighted by molar-refractivity contribution is 6.09. The minimum Gasteiger partial charge on any atom is -0.409 e. The predicted molar refractivity (Wildman–Crippen MR) is 53.0 cm³/mol. The fourth-order valence-corrected chi connectivity index (χ4v) is 1.37. The van der Waals surface area contributed by atoms with Crippen LogP contribution in [-0.4, -0.2) is 23.5 Å². The third-order valence-corrected chi connectivity index (χ3v) is 2.60. The molecule has 4 N–H and O–H groups in total. The molecule has 0 bridgehead atoms. The van der Waals surface area contributed by atoms with Crippen molar-refractivity contribution in [2.75, 3.05) is 6.54 Å². The summed E-state index contributed by atoms with van der Waals surface area (Å²) in [5, 5.41) is 14.2. The molecule has 5 nitrogen and oxygen atoms in total. The van der Waals surface area contributed by atoms with E-state index in [4.69, 9.17) is 10.9 Å². The number of rotatable bonds is 5. The molecule has 0 unspecified atom stereocenters. The Kier molecular flexibility index (Phi) is 3.33. The number of unbranched alkanes of at least 4 members (excludes halogenated alkanes) is 1. The van der Waals surface area contributed by atoms with Crippen LogP contribution in [0.3, 0.4) is 0 Å². The number of nitrogens with two attached hydrogens (primary N) is 1. The first-order valence-corrected chi connectivity index (χ1v) is 4.93. The summed E-state index contributed by atoms with van der Waals surface area (Å²) >= 11 is 0. The van der Waals surface area contributed by atoms with Gasteiger partial charge in [0.2, 0.25) is 5.91 Å². The number of carbonyl (C=O) groups is 1. The summed E-state index contributed by atoms with van der Waals surface area (Å²) in [6.45, 7) is 2.72. The minimum absolute atomic E-state index is 0.0338. The van der Waals surface area contributed by atoms with Crippen LogP contribution in [0.25, 0.3) is 0 Å². The van der Waals surface area contributed by atoms with Crippen molar-refractivity contribution in [2.24, 2.45) is 16.3 Å². The Bertz CT molecular complexity index is 246. The van der Waals surface area contributed by atoms with Crippen molar-refractivity contribution in [3.8, 4) is 0 Å². The Labute approximate surface area is 83.3 Å². The van der Waals surface area contributed by atoms with Crippen LogP contribution < -0.4 is 11.1 Å². The Hall–Kier alpha value is -1.26. The molecule has 1 aliphatic carbocycles. The van der Waals surface area contributed by atoms with Gasteiger partial charge in [-0.1, -0.05) is 18.5 Å². The van der Waals surface area contributed by atoms with Crippen molar-refractivity contribution in [1.29, 1.82) is 0 Å². The summed E-state index contributed by atoms with van der Waals surface area (Å²) in [4.78, 5) is 11.6. The number of nitrogens with zero attached hydrogens (tertiary/aromatic N) is 1. The highest BCUT2D eigenvalue weighted by Gasteiger charge is 2.53. The van der Waals surface area contributed by atoms with Gasteiger partial charge in [-0.25, -0.2) is 0 Å². The van der Waals surface area contributed by atoms with Gasteiger partial charge in [0, 0.05) is 6.54 Å². The van der Waals surface area contributed by atoms with E-state index in [0.29, 0.717) is 19.4 Å². The Balaban J connectivity index is 2.44. The average molecular weight is 199 g/mol. The fraction of sp³-hybridized carbons (Fsp3) is 0.778. The number of hydrogen-bond acceptors (Lipinski definition) is 3. The van der Waals surface area contributed by atoms with Crippen LogP contribution in [-0.2, 0) is 4.79 Å². The summed E-state index contributed by atoms with van der Waals surface area (Å²) < 4.78 is 0. The van der Waals surface area contributed by atoms with E-state index in [1.54, 1.807) is 0 Å². The molecule has 1 rings (SSSR count). The Morgan fingerprint density at radius 1 is 1.64 bits per heavy atom. The van der Waals surface area contributed by atoms with Gasteiger partial charge in [-0.05, 0) is 19.3 Å². The molecule has 0 atom stereocenters. The van der Waals surface area contributed by atoms with Crippen molar-refractivity contribution in [2.45, 2.75) is 32.6 Å². The molecular formula is C9H17N3O2. The minimum atomic E-state index is -0.706. The van der Waals surface area contributed by atoms with Crippen molar-refractivity contribution >= 4 is 11.7 Å². The van der Waals surface area contributed by atoms with Gasteiger partial charge in [0.15, 0.2) is 5.84 Å². The van der Waals surface area contributed by atoms with E-state index >= 15 is 0 Å². The lowest BCUT2D eigenvalue weighted by molar-refractivity contribution is -0.124. The van der Waals surface area contributed by atoms with Crippen LogP contribution in [0.15, 0.2) is 5.16 Å². The Morgan fingerprint density at radius 2 is 2.29 bits per heavy atom. The van der Waals surface area contributed by atoms with Gasteiger partial charge in [0.25, 0.3) is 0 Å². The average Bonchev–Trinajstić information content (AvgIpc) is 2.98. The van der Waals surface area contributed by atoms with E-state index in [2.05, 4.69) is 17.4 Å². The molecule has 0 aromatic carbocycles. The molecule has 0 aliphatic heterocycles. The third-order valence-electron chi connectivity index (χ3n) is 2.60. The molecule has 0 aromatic rings. The zero-order chi connectivity index (χ0) is 10.6. The van der Waals surface area contributed by atoms with Gasteiger partial charge in [0.1, 0.15) is 5.41 Å². The molecule has 0 spiro atoms. The number of amidine groups is 1. The largest absolute Gasteiger partial charge is 0.409 e. The topological polar surface area (TPSA) is 87.7 Å². The molecule has 80 valence electrons. The normalized spacial score (nSPS) is 19.1. The molecular weight excluding hydrogens is 182 g/mol. The first-order chi connectivity index (χ1) is 6.67. The summed E-state index contributed by atoms with van der Waals surface area (Å²) in [6.07, 6.45) is 3.36. The molecule has 1 saturated carbocycles. The lowest BCUT2D eigenvalue weighted by Gasteiger charge is -2.12. The smallest absolute Gasteiger partial charge is 0.233 e. The molecule has 1 aliphatic rings. The maximum absolute atomic E-state index is 11.6. The number of carbonyl (C=O) groups excluding carboxylic acids is 1. The molecule has 1 fully saturated rings.